The first kappa shape index (κ1) is 30.5. The van der Waals surface area contributed by atoms with Crippen molar-refractivity contribution in [2.75, 3.05) is 17.7 Å². The third kappa shape index (κ3) is 7.74. The molecule has 0 spiro atoms. The molecule has 16 heteroatoms. The Bertz CT molecular complexity index is 1520. The van der Waals surface area contributed by atoms with Crippen LogP contribution in [-0.2, 0) is 4.79 Å². The van der Waals surface area contributed by atoms with Crippen LogP contribution >= 0.6 is 11.3 Å². The Kier molecular flexibility index (Phi) is 9.07. The zero-order chi connectivity index (χ0) is 30.7. The van der Waals surface area contributed by atoms with E-state index in [0.717, 1.165) is 25.7 Å². The van der Waals surface area contributed by atoms with Gasteiger partial charge in [0.2, 0.25) is 5.91 Å². The first-order valence-corrected chi connectivity index (χ1v) is 14.6. The molecule has 12 nitrogen and oxygen atoms in total. The van der Waals surface area contributed by atoms with Gasteiger partial charge in [0.1, 0.15) is 9.88 Å². The van der Waals surface area contributed by atoms with Crippen molar-refractivity contribution in [1.82, 2.24) is 25.8 Å². The zero-order valence-electron chi connectivity index (χ0n) is 23.4. The summed E-state index contributed by atoms with van der Waals surface area (Å²) >= 11 is 1.20. The van der Waals surface area contributed by atoms with E-state index >= 15 is 0 Å². The van der Waals surface area contributed by atoms with Crippen LogP contribution in [0.25, 0.3) is 10.6 Å². The quantitative estimate of drug-likeness (QED) is 0.219. The van der Waals surface area contributed by atoms with Crippen molar-refractivity contribution in [1.29, 1.82) is 0 Å². The molecular formula is C27H28B3N7O5S. The van der Waals surface area contributed by atoms with Crippen LogP contribution in [0.5, 0.6) is 5.75 Å². The van der Waals surface area contributed by atoms with E-state index in [1.807, 2.05) is 0 Å². The number of hydrogen-bond donors (Lipinski definition) is 5. The molecule has 0 saturated heterocycles. The van der Waals surface area contributed by atoms with Crippen LogP contribution in [0, 0.1) is 5.92 Å². The number of carbonyl (C=O) groups is 3. The van der Waals surface area contributed by atoms with E-state index in [9.17, 15) is 19.5 Å². The maximum Gasteiger partial charge on any atom is 0.272 e. The van der Waals surface area contributed by atoms with E-state index in [0.29, 0.717) is 39.7 Å². The fraction of sp³-hybridized carbons (Fsp3) is 0.407. The number of methoxy groups -OCH3 is 1. The number of nitrogens with one attached hydrogen (secondary N) is 4. The molecule has 1 aromatic carbocycles. The van der Waals surface area contributed by atoms with Gasteiger partial charge in [-0.3, -0.25) is 14.4 Å². The van der Waals surface area contributed by atoms with Gasteiger partial charge in [0.15, 0.2) is 17.3 Å². The topological polar surface area (TPSA) is 167 Å². The molecule has 5 N–H and O–H groups in total. The Morgan fingerprint density at radius 2 is 1.77 bits per heavy atom. The summed E-state index contributed by atoms with van der Waals surface area (Å²) in [7, 11) is 18.2. The Balaban J connectivity index is 1.41. The molecule has 6 radical (unpaired) electrons. The van der Waals surface area contributed by atoms with Crippen molar-refractivity contribution >= 4 is 69.8 Å². The van der Waals surface area contributed by atoms with Crippen molar-refractivity contribution in [3.8, 4) is 16.3 Å². The summed E-state index contributed by atoms with van der Waals surface area (Å²) in [6.07, 6.45) is 5.55. The fourth-order valence-corrected chi connectivity index (χ4v) is 5.54. The number of carbonyl (C=O) groups excluding carboxylic acids is 3. The van der Waals surface area contributed by atoms with Crippen LogP contribution in [0.4, 0.5) is 17.2 Å². The smallest absolute Gasteiger partial charge is 0.272 e. The standard InChI is InChI=1S/C27H28B3N7O5S/c1-42-22-16(26-31-12-19(43-26)24(40)32-14-7-9-15(38)10-8-14)3-2-4-17(22)33-18-11-20(34-23(39)13-5-6-13)36-37-21(18)25(41)35-27(28,29)30/h2-4,11-15,38H,5-10H2,1H3,(H,32,40)(H,35,41)(H2,33,34,36,39). The molecule has 2 aromatic heterocycles. The first-order chi connectivity index (χ1) is 20.5. The summed E-state index contributed by atoms with van der Waals surface area (Å²) in [6.45, 7) is 0. The average molecular weight is 595 g/mol. The minimum absolute atomic E-state index is 0.00537. The lowest BCUT2D eigenvalue weighted by Gasteiger charge is -2.25. The number of aromatic nitrogens is 3. The molecule has 2 saturated carbocycles. The lowest BCUT2D eigenvalue weighted by Crippen LogP contribution is -2.50. The summed E-state index contributed by atoms with van der Waals surface area (Å²) in [5.41, 5.74) is 1.00. The number of thiazole rings is 1. The Morgan fingerprint density at radius 3 is 2.44 bits per heavy atom. The van der Waals surface area contributed by atoms with Crippen LogP contribution in [0.15, 0.2) is 30.5 Å². The highest BCUT2D eigenvalue weighted by atomic mass is 32.1. The number of anilines is 3. The van der Waals surface area contributed by atoms with Gasteiger partial charge in [0.25, 0.3) is 11.8 Å². The van der Waals surface area contributed by atoms with Crippen molar-refractivity contribution in [2.24, 2.45) is 5.92 Å². The normalized spacial score (nSPS) is 18.4. The molecule has 5 rings (SSSR count). The van der Waals surface area contributed by atoms with Gasteiger partial charge < -0.3 is 31.1 Å². The highest BCUT2D eigenvalue weighted by Crippen LogP contribution is 2.40. The van der Waals surface area contributed by atoms with Gasteiger partial charge in [-0.05, 0) is 50.7 Å². The number of rotatable bonds is 10. The first-order valence-electron chi connectivity index (χ1n) is 13.8. The molecule has 2 aliphatic rings. The summed E-state index contributed by atoms with van der Waals surface area (Å²) < 4.78 is 5.73. The van der Waals surface area contributed by atoms with Crippen LogP contribution in [0.3, 0.4) is 0 Å². The number of aliphatic hydroxyl groups is 1. The molecule has 2 fully saturated rings. The van der Waals surface area contributed by atoms with Gasteiger partial charge in [-0.1, -0.05) is 11.3 Å². The molecule has 216 valence electrons. The summed E-state index contributed by atoms with van der Waals surface area (Å²) in [5.74, 6) is -0.789. The second-order valence-corrected chi connectivity index (χ2v) is 11.7. The predicted octanol–water partition coefficient (Wildman–Crippen LogP) is 1.58. The lowest BCUT2D eigenvalue weighted by molar-refractivity contribution is -0.117. The maximum absolute atomic E-state index is 12.9. The Morgan fingerprint density at radius 1 is 1.02 bits per heavy atom. The molecule has 2 heterocycles. The van der Waals surface area contributed by atoms with Crippen LogP contribution < -0.4 is 26.0 Å². The van der Waals surface area contributed by atoms with Crippen molar-refractivity contribution in [2.45, 2.75) is 55.9 Å². The summed E-state index contributed by atoms with van der Waals surface area (Å²) in [5, 5.41) is 27.3. The molecule has 3 aromatic rings. The van der Waals surface area contributed by atoms with Crippen molar-refractivity contribution < 1.29 is 24.2 Å². The molecule has 0 unspecified atom stereocenters. The predicted molar refractivity (Wildman–Crippen MR) is 164 cm³/mol. The molecule has 3 amide bonds. The minimum atomic E-state index is -2.01. The van der Waals surface area contributed by atoms with Gasteiger partial charge in [-0.2, -0.15) is 0 Å². The number of amides is 3. The number of aliphatic hydroxyl groups excluding tert-OH is 1. The van der Waals surface area contributed by atoms with E-state index in [1.54, 1.807) is 18.2 Å². The van der Waals surface area contributed by atoms with Crippen LogP contribution in [-0.4, -0.2) is 86.0 Å². The van der Waals surface area contributed by atoms with E-state index in [2.05, 4.69) is 36.4 Å². The number of para-hydroxylation sites is 1. The van der Waals surface area contributed by atoms with Crippen molar-refractivity contribution in [3.63, 3.8) is 0 Å². The number of benzene rings is 1. The lowest BCUT2D eigenvalue weighted by atomic mass is 9.49. The third-order valence-corrected chi connectivity index (χ3v) is 8.05. The highest BCUT2D eigenvalue weighted by Gasteiger charge is 2.30. The Hall–Kier alpha value is -3.91. The molecule has 2 aliphatic carbocycles. The van der Waals surface area contributed by atoms with Crippen molar-refractivity contribution in [3.05, 3.63) is 41.0 Å². The zero-order valence-corrected chi connectivity index (χ0v) is 24.2. The molecule has 43 heavy (non-hydrogen) atoms. The minimum Gasteiger partial charge on any atom is -0.494 e. The van der Waals surface area contributed by atoms with Gasteiger partial charge in [0.05, 0.1) is 59.9 Å². The molecule has 0 aliphatic heterocycles. The highest BCUT2D eigenvalue weighted by molar-refractivity contribution is 7.17. The fourth-order valence-electron chi connectivity index (χ4n) is 4.69. The van der Waals surface area contributed by atoms with E-state index in [4.69, 9.17) is 28.3 Å². The van der Waals surface area contributed by atoms with Gasteiger partial charge >= 0.3 is 0 Å². The van der Waals surface area contributed by atoms with E-state index in [-0.39, 0.29) is 47.1 Å². The molecule has 0 bridgehead atoms. The largest absolute Gasteiger partial charge is 0.494 e. The monoisotopic (exact) mass is 595 g/mol. The van der Waals surface area contributed by atoms with Crippen LogP contribution in [0.1, 0.15) is 58.7 Å². The number of hydrogen-bond acceptors (Lipinski definition) is 10. The number of nitrogens with zero attached hydrogens (tertiary/aromatic N) is 3. The van der Waals surface area contributed by atoms with E-state index < -0.39 is 11.1 Å². The second-order valence-electron chi connectivity index (χ2n) is 10.7. The van der Waals surface area contributed by atoms with Gasteiger partial charge in [-0.15, -0.1) is 21.5 Å². The van der Waals surface area contributed by atoms with Gasteiger partial charge in [0, 0.05) is 18.0 Å². The van der Waals surface area contributed by atoms with Crippen LogP contribution in [0.2, 0.25) is 0 Å². The molecular weight excluding hydrogens is 567 g/mol. The molecule has 0 atom stereocenters. The SMILES string of the molecule is [B]C([B])([B])NC(=O)c1nnc(NC(=O)C2CC2)cc1Nc1cccc(-c2ncc(C(=O)NC3CCC(O)CC3)s2)c1OC. The second kappa shape index (κ2) is 12.8. The summed E-state index contributed by atoms with van der Waals surface area (Å²) in [6, 6.07) is 6.72. The third-order valence-electron chi connectivity index (χ3n) is 7.02. The van der Waals surface area contributed by atoms with Gasteiger partial charge in [-0.25, -0.2) is 4.98 Å². The Labute approximate surface area is 256 Å². The average Bonchev–Trinajstić information content (AvgIpc) is 3.70. The summed E-state index contributed by atoms with van der Waals surface area (Å²) in [4.78, 5) is 43.1. The number of ether oxygens (including phenoxy) is 1. The van der Waals surface area contributed by atoms with E-state index in [1.165, 1.54) is 30.7 Å². The maximum atomic E-state index is 12.9.